The number of hydrogen-bond acceptors (Lipinski definition) is 6. The van der Waals surface area contributed by atoms with Gasteiger partial charge in [0, 0.05) is 18.8 Å². The summed E-state index contributed by atoms with van der Waals surface area (Å²) in [5.74, 6) is 0.300. The molecule has 176 valence electrons. The first-order valence-corrected chi connectivity index (χ1v) is 11.6. The number of rotatable bonds is 8. The van der Waals surface area contributed by atoms with Crippen LogP contribution < -0.4 is 9.47 Å². The van der Waals surface area contributed by atoms with Crippen LogP contribution in [-0.2, 0) is 11.8 Å². The fraction of sp³-hybridized carbons (Fsp3) is 0.148. The second kappa shape index (κ2) is 10.4. The molecule has 35 heavy (non-hydrogen) atoms. The lowest BCUT2D eigenvalue weighted by atomic mass is 10.00. The molecule has 0 saturated heterocycles. The summed E-state index contributed by atoms with van der Waals surface area (Å²) >= 11 is 1.04. The molecular weight excluding hydrogens is 462 g/mol. The molecule has 0 bridgehead atoms. The van der Waals surface area contributed by atoms with E-state index in [0.717, 1.165) is 23.0 Å². The molecule has 8 heteroatoms. The topological polar surface area (TPSA) is 97.4 Å². The number of benzene rings is 2. The summed E-state index contributed by atoms with van der Waals surface area (Å²) in [5.41, 5.74) is 3.64. The number of carboxylic acid groups (broad SMARTS) is 1. The zero-order valence-corrected chi connectivity index (χ0v) is 20.2. The second-order valence-corrected chi connectivity index (χ2v) is 8.76. The first kappa shape index (κ1) is 23.9. The number of carboxylic acids is 1. The molecule has 0 fully saturated rings. The molecule has 0 amide bonds. The maximum Gasteiger partial charge on any atom is 0.321 e. The summed E-state index contributed by atoms with van der Waals surface area (Å²) in [6, 6.07) is 22.2. The van der Waals surface area contributed by atoms with Gasteiger partial charge in [-0.05, 0) is 35.4 Å². The van der Waals surface area contributed by atoms with Crippen molar-refractivity contribution in [1.82, 2.24) is 9.55 Å². The fourth-order valence-electron chi connectivity index (χ4n) is 3.81. The van der Waals surface area contributed by atoms with E-state index in [-0.39, 0.29) is 0 Å². The van der Waals surface area contributed by atoms with Crippen LogP contribution in [-0.4, -0.2) is 34.8 Å². The van der Waals surface area contributed by atoms with Gasteiger partial charge in [-0.25, -0.2) is 4.98 Å². The number of thioether (sulfide) groups is 1. The lowest BCUT2D eigenvalue weighted by Gasteiger charge is -2.17. The minimum atomic E-state index is -1.01. The number of hydrogen-bond donors (Lipinski definition) is 1. The predicted molar refractivity (Wildman–Crippen MR) is 135 cm³/mol. The smallest absolute Gasteiger partial charge is 0.321 e. The van der Waals surface area contributed by atoms with Crippen LogP contribution in [0.5, 0.6) is 11.5 Å². The summed E-state index contributed by atoms with van der Waals surface area (Å²) in [7, 11) is 5.05. The predicted octanol–water partition coefficient (Wildman–Crippen LogP) is 5.56. The Bertz CT molecular complexity index is 1390. The SMILES string of the molecule is COc1ccc(-c2cc(-c3c(OC)ccn3C)nc(SC(C(=O)O)c3ccccc3)c2C#N)cc1. The Labute approximate surface area is 207 Å². The zero-order chi connectivity index (χ0) is 24.9. The van der Waals surface area contributed by atoms with Crippen molar-refractivity contribution in [3.05, 3.63) is 84.1 Å². The number of pyridine rings is 1. The van der Waals surface area contributed by atoms with Crippen LogP contribution in [0.25, 0.3) is 22.5 Å². The number of carbonyl (C=O) groups is 1. The molecular formula is C27H23N3O4S. The Morgan fingerprint density at radius 2 is 1.80 bits per heavy atom. The molecule has 2 aromatic carbocycles. The van der Waals surface area contributed by atoms with Crippen LogP contribution in [0.4, 0.5) is 0 Å². The van der Waals surface area contributed by atoms with Crippen molar-refractivity contribution >= 4 is 17.7 Å². The number of aliphatic carboxylic acids is 1. The van der Waals surface area contributed by atoms with Crippen LogP contribution in [0, 0.1) is 11.3 Å². The number of aromatic nitrogens is 2. The van der Waals surface area contributed by atoms with Crippen molar-refractivity contribution in [2.24, 2.45) is 7.05 Å². The Balaban J connectivity index is 1.94. The Hall–Kier alpha value is -4.22. The van der Waals surface area contributed by atoms with Gasteiger partial charge < -0.3 is 19.1 Å². The van der Waals surface area contributed by atoms with Gasteiger partial charge in [-0.3, -0.25) is 4.79 Å². The van der Waals surface area contributed by atoms with E-state index in [1.54, 1.807) is 38.5 Å². The molecule has 4 rings (SSSR count). The van der Waals surface area contributed by atoms with Crippen molar-refractivity contribution in [1.29, 1.82) is 5.26 Å². The van der Waals surface area contributed by atoms with E-state index in [9.17, 15) is 15.2 Å². The van der Waals surface area contributed by atoms with Gasteiger partial charge in [0.2, 0.25) is 0 Å². The van der Waals surface area contributed by atoms with Gasteiger partial charge in [0.25, 0.3) is 0 Å². The second-order valence-electron chi connectivity index (χ2n) is 7.67. The fourth-order valence-corrected chi connectivity index (χ4v) is 4.86. The van der Waals surface area contributed by atoms with Crippen LogP contribution in [0.15, 0.2) is 78.0 Å². The van der Waals surface area contributed by atoms with Crippen molar-refractivity contribution in [3.63, 3.8) is 0 Å². The highest BCUT2D eigenvalue weighted by molar-refractivity contribution is 8.00. The molecule has 0 radical (unpaired) electrons. The zero-order valence-electron chi connectivity index (χ0n) is 19.4. The van der Waals surface area contributed by atoms with Gasteiger partial charge >= 0.3 is 5.97 Å². The molecule has 1 unspecified atom stereocenters. The van der Waals surface area contributed by atoms with E-state index in [2.05, 4.69) is 6.07 Å². The van der Waals surface area contributed by atoms with E-state index >= 15 is 0 Å². The third-order valence-electron chi connectivity index (χ3n) is 5.55. The Morgan fingerprint density at radius 1 is 1.09 bits per heavy atom. The van der Waals surface area contributed by atoms with Crippen LogP contribution in [0.2, 0.25) is 0 Å². The first-order chi connectivity index (χ1) is 17.0. The number of methoxy groups -OCH3 is 2. The van der Waals surface area contributed by atoms with Crippen LogP contribution in [0.1, 0.15) is 16.4 Å². The number of ether oxygens (including phenoxy) is 2. The average Bonchev–Trinajstić information content (AvgIpc) is 3.27. The van der Waals surface area contributed by atoms with Gasteiger partial charge in [0.05, 0.1) is 25.5 Å². The summed E-state index contributed by atoms with van der Waals surface area (Å²) in [4.78, 5) is 17.0. The van der Waals surface area contributed by atoms with E-state index in [0.29, 0.717) is 38.9 Å². The number of nitrogens with zero attached hydrogens (tertiary/aromatic N) is 3. The molecule has 4 aromatic rings. The normalized spacial score (nSPS) is 11.5. The summed E-state index contributed by atoms with van der Waals surface area (Å²) < 4.78 is 12.7. The molecule has 0 aliphatic rings. The van der Waals surface area contributed by atoms with Crippen molar-refractivity contribution in [3.8, 4) is 40.1 Å². The highest BCUT2D eigenvalue weighted by Gasteiger charge is 2.26. The minimum Gasteiger partial charge on any atom is -0.497 e. The van der Waals surface area contributed by atoms with Crippen molar-refractivity contribution in [2.75, 3.05) is 14.2 Å². The maximum atomic E-state index is 12.2. The van der Waals surface area contributed by atoms with Gasteiger partial charge in [-0.1, -0.05) is 54.2 Å². The van der Waals surface area contributed by atoms with Gasteiger partial charge in [0.1, 0.15) is 33.5 Å². The van der Waals surface area contributed by atoms with Crippen molar-refractivity contribution < 1.29 is 19.4 Å². The molecule has 0 saturated carbocycles. The third-order valence-corrected chi connectivity index (χ3v) is 6.78. The Morgan fingerprint density at radius 3 is 2.40 bits per heavy atom. The monoisotopic (exact) mass is 485 g/mol. The number of aryl methyl sites for hydroxylation is 1. The molecule has 2 heterocycles. The van der Waals surface area contributed by atoms with Crippen LogP contribution in [0.3, 0.4) is 0 Å². The van der Waals surface area contributed by atoms with Gasteiger partial charge in [0.15, 0.2) is 0 Å². The van der Waals surface area contributed by atoms with E-state index < -0.39 is 11.2 Å². The van der Waals surface area contributed by atoms with Gasteiger partial charge in [-0.15, -0.1) is 0 Å². The molecule has 0 spiro atoms. The summed E-state index contributed by atoms with van der Waals surface area (Å²) in [6.07, 6.45) is 1.86. The van der Waals surface area contributed by atoms with E-state index in [1.165, 1.54) is 0 Å². The molecule has 2 aromatic heterocycles. The minimum absolute atomic E-state index is 0.305. The molecule has 7 nitrogen and oxygen atoms in total. The Kier molecular flexibility index (Phi) is 7.09. The average molecular weight is 486 g/mol. The maximum absolute atomic E-state index is 12.2. The molecule has 0 aliphatic heterocycles. The van der Waals surface area contributed by atoms with E-state index in [4.69, 9.17) is 14.5 Å². The highest BCUT2D eigenvalue weighted by atomic mass is 32.2. The lowest BCUT2D eigenvalue weighted by Crippen LogP contribution is -2.09. The van der Waals surface area contributed by atoms with Gasteiger partial charge in [-0.2, -0.15) is 5.26 Å². The number of nitriles is 1. The lowest BCUT2D eigenvalue weighted by molar-refractivity contribution is -0.136. The highest BCUT2D eigenvalue weighted by Crippen LogP contribution is 2.42. The van der Waals surface area contributed by atoms with Crippen LogP contribution >= 0.6 is 11.8 Å². The molecule has 0 aliphatic carbocycles. The van der Waals surface area contributed by atoms with Crippen molar-refractivity contribution in [2.45, 2.75) is 10.3 Å². The standard InChI is InChI=1S/C27H23N3O4S/c1-30-14-13-23(34-3)24(30)22-15-20(17-9-11-19(33-2)12-10-17)21(16-28)26(29-22)35-25(27(31)32)18-7-5-4-6-8-18/h4-15,25H,1-3H3,(H,31,32). The van der Waals surface area contributed by atoms with E-state index in [1.807, 2.05) is 60.3 Å². The third kappa shape index (κ3) is 4.86. The first-order valence-electron chi connectivity index (χ1n) is 10.7. The largest absolute Gasteiger partial charge is 0.497 e. The summed E-state index contributed by atoms with van der Waals surface area (Å²) in [6.45, 7) is 0. The molecule has 1 N–H and O–H groups in total. The quantitative estimate of drug-likeness (QED) is 0.326. The summed E-state index contributed by atoms with van der Waals surface area (Å²) in [5, 5.41) is 19.5. The molecule has 1 atom stereocenters.